The van der Waals surface area contributed by atoms with Gasteiger partial charge < -0.3 is 9.63 Å². The van der Waals surface area contributed by atoms with Gasteiger partial charge in [-0.1, -0.05) is 5.16 Å². The van der Waals surface area contributed by atoms with Gasteiger partial charge in [0.1, 0.15) is 5.76 Å². The Hall–Kier alpha value is -0.830. The van der Waals surface area contributed by atoms with Crippen LogP contribution in [-0.2, 0) is 6.42 Å². The van der Waals surface area contributed by atoms with Crippen LogP contribution in [0.3, 0.4) is 0 Å². The van der Waals surface area contributed by atoms with Crippen LogP contribution >= 0.6 is 0 Å². The Morgan fingerprint density at radius 1 is 1.50 bits per heavy atom. The largest absolute Gasteiger partial charge is 0.396 e. The van der Waals surface area contributed by atoms with E-state index >= 15 is 0 Å². The second kappa shape index (κ2) is 2.84. The zero-order valence-electron chi connectivity index (χ0n) is 6.22. The number of nitrogens with zero attached hydrogens (tertiary/aromatic N) is 1. The van der Waals surface area contributed by atoms with E-state index in [2.05, 4.69) is 5.16 Å². The molecule has 0 atom stereocenters. The lowest BCUT2D eigenvalue weighted by Crippen LogP contribution is -1.90. The third kappa shape index (κ3) is 1.19. The molecule has 3 nitrogen and oxygen atoms in total. The van der Waals surface area contributed by atoms with Gasteiger partial charge in [0.15, 0.2) is 0 Å². The van der Waals surface area contributed by atoms with E-state index in [0.29, 0.717) is 6.42 Å². The van der Waals surface area contributed by atoms with Gasteiger partial charge in [0.25, 0.3) is 0 Å². The number of aromatic nitrogens is 1. The second-order valence-corrected chi connectivity index (χ2v) is 2.29. The van der Waals surface area contributed by atoms with Crippen molar-refractivity contribution in [2.24, 2.45) is 0 Å². The normalized spacial score (nSPS) is 10.3. The highest BCUT2D eigenvalue weighted by molar-refractivity contribution is 5.19. The molecular weight excluding hydrogens is 130 g/mol. The molecule has 0 aliphatic heterocycles. The first-order valence-electron chi connectivity index (χ1n) is 3.28. The Labute approximate surface area is 59.7 Å². The standard InChI is InChI=1S/C7H11NO2/c1-5-6(2)8-10-7(5)3-4-9/h9H,3-4H2,1-2H3. The number of hydrogen-bond acceptors (Lipinski definition) is 3. The Bertz CT molecular complexity index is 217. The topological polar surface area (TPSA) is 46.3 Å². The minimum Gasteiger partial charge on any atom is -0.396 e. The van der Waals surface area contributed by atoms with E-state index < -0.39 is 0 Å². The van der Waals surface area contributed by atoms with E-state index in [9.17, 15) is 0 Å². The molecule has 0 saturated heterocycles. The van der Waals surface area contributed by atoms with Crippen LogP contribution < -0.4 is 0 Å². The lowest BCUT2D eigenvalue weighted by molar-refractivity contribution is 0.276. The molecule has 1 N–H and O–H groups in total. The third-order valence-corrected chi connectivity index (χ3v) is 1.59. The summed E-state index contributed by atoms with van der Waals surface area (Å²) in [5, 5.41) is 12.3. The maximum absolute atomic E-state index is 8.57. The van der Waals surface area contributed by atoms with Gasteiger partial charge in [0.05, 0.1) is 12.3 Å². The van der Waals surface area contributed by atoms with Crippen molar-refractivity contribution in [1.82, 2.24) is 5.16 Å². The first kappa shape index (κ1) is 7.28. The van der Waals surface area contributed by atoms with Crippen LogP contribution in [0, 0.1) is 13.8 Å². The molecule has 0 amide bonds. The fourth-order valence-electron chi connectivity index (χ4n) is 0.797. The molecule has 10 heavy (non-hydrogen) atoms. The van der Waals surface area contributed by atoms with Gasteiger partial charge in [-0.15, -0.1) is 0 Å². The van der Waals surface area contributed by atoms with Crippen molar-refractivity contribution >= 4 is 0 Å². The quantitative estimate of drug-likeness (QED) is 0.663. The highest BCUT2D eigenvalue weighted by Gasteiger charge is 2.05. The Kier molecular flexibility index (Phi) is 2.06. The highest BCUT2D eigenvalue weighted by Crippen LogP contribution is 2.11. The van der Waals surface area contributed by atoms with Gasteiger partial charge in [-0.25, -0.2) is 0 Å². The van der Waals surface area contributed by atoms with Crippen molar-refractivity contribution in [3.8, 4) is 0 Å². The van der Waals surface area contributed by atoms with Crippen LogP contribution in [0.15, 0.2) is 4.52 Å². The molecule has 0 saturated carbocycles. The van der Waals surface area contributed by atoms with Crippen molar-refractivity contribution in [2.75, 3.05) is 6.61 Å². The predicted molar refractivity (Wildman–Crippen MR) is 36.8 cm³/mol. The predicted octanol–water partition coefficient (Wildman–Crippen LogP) is 0.826. The summed E-state index contributed by atoms with van der Waals surface area (Å²) in [7, 11) is 0. The number of aliphatic hydroxyl groups excluding tert-OH is 1. The molecule has 1 aromatic heterocycles. The molecule has 0 aromatic carbocycles. The van der Waals surface area contributed by atoms with Crippen molar-refractivity contribution in [2.45, 2.75) is 20.3 Å². The van der Waals surface area contributed by atoms with Gasteiger partial charge in [-0.2, -0.15) is 0 Å². The molecule has 0 unspecified atom stereocenters. The first-order valence-corrected chi connectivity index (χ1v) is 3.28. The molecule has 0 spiro atoms. The smallest absolute Gasteiger partial charge is 0.142 e. The molecule has 1 aromatic rings. The summed E-state index contributed by atoms with van der Waals surface area (Å²) in [6.45, 7) is 3.95. The molecular formula is C7H11NO2. The van der Waals surface area contributed by atoms with E-state index in [4.69, 9.17) is 9.63 Å². The molecule has 0 bridgehead atoms. The van der Waals surface area contributed by atoms with Crippen LogP contribution in [0.4, 0.5) is 0 Å². The SMILES string of the molecule is Cc1noc(CCO)c1C. The van der Waals surface area contributed by atoms with Crippen molar-refractivity contribution in [3.63, 3.8) is 0 Å². The van der Waals surface area contributed by atoms with E-state index in [1.165, 1.54) is 0 Å². The number of aliphatic hydroxyl groups is 1. The summed E-state index contributed by atoms with van der Waals surface area (Å²) in [6.07, 6.45) is 0.562. The fourth-order valence-corrected chi connectivity index (χ4v) is 0.797. The van der Waals surface area contributed by atoms with E-state index in [-0.39, 0.29) is 6.61 Å². The van der Waals surface area contributed by atoms with Gasteiger partial charge >= 0.3 is 0 Å². The number of rotatable bonds is 2. The summed E-state index contributed by atoms with van der Waals surface area (Å²) in [5.41, 5.74) is 1.96. The molecule has 0 aliphatic carbocycles. The fraction of sp³-hybridized carbons (Fsp3) is 0.571. The Morgan fingerprint density at radius 3 is 2.60 bits per heavy atom. The first-order chi connectivity index (χ1) is 4.75. The van der Waals surface area contributed by atoms with Crippen LogP contribution in [0.1, 0.15) is 17.0 Å². The zero-order chi connectivity index (χ0) is 7.56. The Morgan fingerprint density at radius 2 is 2.20 bits per heavy atom. The van der Waals surface area contributed by atoms with E-state index in [1.807, 2.05) is 13.8 Å². The van der Waals surface area contributed by atoms with Gasteiger partial charge in [0, 0.05) is 12.0 Å². The zero-order valence-corrected chi connectivity index (χ0v) is 6.22. The van der Waals surface area contributed by atoms with Crippen LogP contribution in [0.2, 0.25) is 0 Å². The lowest BCUT2D eigenvalue weighted by Gasteiger charge is -1.89. The van der Waals surface area contributed by atoms with Gasteiger partial charge in [0.2, 0.25) is 0 Å². The average molecular weight is 141 g/mol. The van der Waals surface area contributed by atoms with Crippen molar-refractivity contribution in [1.29, 1.82) is 0 Å². The maximum atomic E-state index is 8.57. The average Bonchev–Trinajstić information content (AvgIpc) is 2.20. The summed E-state index contributed by atoms with van der Waals surface area (Å²) < 4.78 is 4.93. The summed E-state index contributed by atoms with van der Waals surface area (Å²) in [6, 6.07) is 0. The molecule has 56 valence electrons. The van der Waals surface area contributed by atoms with Crippen molar-refractivity contribution in [3.05, 3.63) is 17.0 Å². The van der Waals surface area contributed by atoms with Crippen LogP contribution in [-0.4, -0.2) is 16.9 Å². The number of hydrogen-bond donors (Lipinski definition) is 1. The second-order valence-electron chi connectivity index (χ2n) is 2.29. The minimum absolute atomic E-state index is 0.121. The molecule has 0 aliphatic rings. The minimum atomic E-state index is 0.121. The number of aryl methyl sites for hydroxylation is 1. The van der Waals surface area contributed by atoms with Gasteiger partial charge in [-0.3, -0.25) is 0 Å². The molecule has 0 radical (unpaired) electrons. The van der Waals surface area contributed by atoms with Crippen molar-refractivity contribution < 1.29 is 9.63 Å². The van der Waals surface area contributed by atoms with Crippen LogP contribution in [0.5, 0.6) is 0 Å². The molecule has 1 heterocycles. The summed E-state index contributed by atoms with van der Waals surface area (Å²) >= 11 is 0. The molecule has 1 rings (SSSR count). The Balaban J connectivity index is 2.83. The van der Waals surface area contributed by atoms with E-state index in [1.54, 1.807) is 0 Å². The monoisotopic (exact) mass is 141 g/mol. The maximum Gasteiger partial charge on any atom is 0.142 e. The van der Waals surface area contributed by atoms with Crippen LogP contribution in [0.25, 0.3) is 0 Å². The van der Waals surface area contributed by atoms with E-state index in [0.717, 1.165) is 17.0 Å². The lowest BCUT2D eigenvalue weighted by atomic mass is 10.2. The molecule has 0 fully saturated rings. The summed E-state index contributed by atoms with van der Waals surface area (Å²) in [4.78, 5) is 0. The summed E-state index contributed by atoms with van der Waals surface area (Å²) in [5.74, 6) is 0.792. The highest BCUT2D eigenvalue weighted by atomic mass is 16.5. The molecule has 3 heteroatoms. The third-order valence-electron chi connectivity index (χ3n) is 1.59. The van der Waals surface area contributed by atoms with Gasteiger partial charge in [-0.05, 0) is 13.8 Å².